The highest BCUT2D eigenvalue weighted by Gasteiger charge is 2.35. The minimum absolute atomic E-state index is 0.121. The van der Waals surface area contributed by atoms with Crippen LogP contribution in [0.1, 0.15) is 11.1 Å². The van der Waals surface area contributed by atoms with Crippen molar-refractivity contribution in [2.24, 2.45) is 5.73 Å². The summed E-state index contributed by atoms with van der Waals surface area (Å²) in [5.41, 5.74) is 3.74. The molecule has 0 fully saturated rings. The number of halogens is 5. The molecule has 2 N–H and O–H groups in total. The molecule has 0 unspecified atom stereocenters. The summed E-state index contributed by atoms with van der Waals surface area (Å²) in [6, 6.07) is 2.06. The minimum Gasteiger partial charge on any atom is -0.326 e. The SMILES string of the molecule is NCc1cc(I)cc(C(F)(F)F)c1F. The lowest BCUT2D eigenvalue weighted by Gasteiger charge is -2.11. The van der Waals surface area contributed by atoms with Gasteiger partial charge in [-0.25, -0.2) is 4.39 Å². The zero-order valence-corrected chi connectivity index (χ0v) is 8.99. The maximum atomic E-state index is 13.1. The zero-order chi connectivity index (χ0) is 10.9. The molecular formula is C8H6F4IN. The highest BCUT2D eigenvalue weighted by molar-refractivity contribution is 14.1. The summed E-state index contributed by atoms with van der Waals surface area (Å²) in [4.78, 5) is 0. The molecule has 0 saturated heterocycles. The first-order chi connectivity index (χ1) is 6.36. The van der Waals surface area contributed by atoms with E-state index in [9.17, 15) is 17.6 Å². The summed E-state index contributed by atoms with van der Waals surface area (Å²) in [7, 11) is 0. The summed E-state index contributed by atoms with van der Waals surface area (Å²) in [5.74, 6) is -1.28. The number of hydrogen-bond donors (Lipinski definition) is 1. The average molecular weight is 319 g/mol. The van der Waals surface area contributed by atoms with Gasteiger partial charge >= 0.3 is 6.18 Å². The molecular weight excluding hydrogens is 313 g/mol. The Morgan fingerprint density at radius 2 is 1.86 bits per heavy atom. The van der Waals surface area contributed by atoms with E-state index >= 15 is 0 Å². The summed E-state index contributed by atoms with van der Waals surface area (Å²) in [5, 5.41) is 0. The van der Waals surface area contributed by atoms with E-state index in [0.717, 1.165) is 6.07 Å². The van der Waals surface area contributed by atoms with Gasteiger partial charge in [-0.1, -0.05) is 0 Å². The van der Waals surface area contributed by atoms with E-state index in [1.54, 1.807) is 22.6 Å². The summed E-state index contributed by atoms with van der Waals surface area (Å²) in [6.07, 6.45) is -4.67. The number of benzene rings is 1. The maximum Gasteiger partial charge on any atom is 0.419 e. The van der Waals surface area contributed by atoms with Crippen molar-refractivity contribution >= 4 is 22.6 Å². The Kier molecular flexibility index (Phi) is 3.36. The Morgan fingerprint density at radius 3 is 2.29 bits per heavy atom. The van der Waals surface area contributed by atoms with Gasteiger partial charge in [-0.3, -0.25) is 0 Å². The fraction of sp³-hybridized carbons (Fsp3) is 0.250. The van der Waals surface area contributed by atoms with E-state index in [2.05, 4.69) is 0 Å². The maximum absolute atomic E-state index is 13.1. The average Bonchev–Trinajstić information content (AvgIpc) is 2.06. The van der Waals surface area contributed by atoms with E-state index in [-0.39, 0.29) is 12.1 Å². The van der Waals surface area contributed by atoms with Gasteiger partial charge in [0.1, 0.15) is 5.82 Å². The van der Waals surface area contributed by atoms with Gasteiger partial charge in [0.05, 0.1) is 5.56 Å². The molecule has 0 atom stereocenters. The van der Waals surface area contributed by atoms with Crippen molar-refractivity contribution in [2.45, 2.75) is 12.7 Å². The van der Waals surface area contributed by atoms with Crippen LogP contribution in [0.5, 0.6) is 0 Å². The molecule has 0 aliphatic carbocycles. The summed E-state index contributed by atoms with van der Waals surface area (Å²) >= 11 is 1.69. The monoisotopic (exact) mass is 319 g/mol. The molecule has 0 saturated carbocycles. The fourth-order valence-electron chi connectivity index (χ4n) is 1.00. The Balaban J connectivity index is 3.37. The normalized spacial score (nSPS) is 11.9. The third-order valence-corrected chi connectivity index (χ3v) is 2.26. The molecule has 0 aliphatic rings. The second-order valence-corrected chi connectivity index (χ2v) is 3.87. The first-order valence-electron chi connectivity index (χ1n) is 3.61. The Morgan fingerprint density at radius 1 is 1.29 bits per heavy atom. The molecule has 0 amide bonds. The van der Waals surface area contributed by atoms with Crippen LogP contribution in [0.2, 0.25) is 0 Å². The number of alkyl halides is 3. The van der Waals surface area contributed by atoms with Crippen LogP contribution in [0.4, 0.5) is 17.6 Å². The molecule has 6 heteroatoms. The topological polar surface area (TPSA) is 26.0 Å². The Bertz CT molecular complexity index is 348. The van der Waals surface area contributed by atoms with Crippen LogP contribution in [-0.2, 0) is 12.7 Å². The molecule has 0 spiro atoms. The van der Waals surface area contributed by atoms with Crippen molar-refractivity contribution in [3.05, 3.63) is 32.6 Å². The van der Waals surface area contributed by atoms with Crippen molar-refractivity contribution in [3.63, 3.8) is 0 Å². The molecule has 1 aromatic rings. The molecule has 1 aromatic carbocycles. The molecule has 1 nitrogen and oxygen atoms in total. The molecule has 0 aromatic heterocycles. The van der Waals surface area contributed by atoms with Gasteiger partial charge in [-0.05, 0) is 34.7 Å². The number of nitrogens with two attached hydrogens (primary N) is 1. The van der Waals surface area contributed by atoms with E-state index < -0.39 is 17.6 Å². The first kappa shape index (κ1) is 11.7. The van der Waals surface area contributed by atoms with Crippen LogP contribution in [0.3, 0.4) is 0 Å². The van der Waals surface area contributed by atoms with Crippen LogP contribution >= 0.6 is 22.6 Å². The van der Waals surface area contributed by atoms with Crippen LogP contribution < -0.4 is 5.73 Å². The van der Waals surface area contributed by atoms with Crippen LogP contribution in [-0.4, -0.2) is 0 Å². The predicted molar refractivity (Wildman–Crippen MR) is 52.0 cm³/mol. The lowest BCUT2D eigenvalue weighted by Crippen LogP contribution is -2.12. The molecule has 1 rings (SSSR count). The lowest BCUT2D eigenvalue weighted by molar-refractivity contribution is -0.140. The highest BCUT2D eigenvalue weighted by Crippen LogP contribution is 2.33. The van der Waals surface area contributed by atoms with E-state index in [1.165, 1.54) is 6.07 Å². The van der Waals surface area contributed by atoms with Gasteiger partial charge in [0.15, 0.2) is 0 Å². The fourth-order valence-corrected chi connectivity index (χ4v) is 1.69. The van der Waals surface area contributed by atoms with Gasteiger partial charge in [0.25, 0.3) is 0 Å². The number of hydrogen-bond acceptors (Lipinski definition) is 1. The van der Waals surface area contributed by atoms with Crippen molar-refractivity contribution in [3.8, 4) is 0 Å². The van der Waals surface area contributed by atoms with E-state index in [0.29, 0.717) is 3.57 Å². The summed E-state index contributed by atoms with van der Waals surface area (Å²) < 4.78 is 50.2. The third-order valence-electron chi connectivity index (χ3n) is 1.64. The first-order valence-corrected chi connectivity index (χ1v) is 4.69. The van der Waals surface area contributed by atoms with Gasteiger partial charge in [-0.2, -0.15) is 13.2 Å². The minimum atomic E-state index is -4.67. The van der Waals surface area contributed by atoms with Gasteiger partial charge in [0.2, 0.25) is 0 Å². The molecule has 0 radical (unpaired) electrons. The van der Waals surface area contributed by atoms with Gasteiger partial charge < -0.3 is 5.73 Å². The van der Waals surface area contributed by atoms with Crippen molar-refractivity contribution < 1.29 is 17.6 Å². The van der Waals surface area contributed by atoms with Gasteiger partial charge in [-0.15, -0.1) is 0 Å². The predicted octanol–water partition coefficient (Wildman–Crippen LogP) is 2.91. The highest BCUT2D eigenvalue weighted by atomic mass is 127. The smallest absolute Gasteiger partial charge is 0.326 e. The van der Waals surface area contributed by atoms with Gasteiger partial charge in [0, 0.05) is 15.7 Å². The second-order valence-electron chi connectivity index (χ2n) is 2.63. The Labute approximate surface area is 91.4 Å². The van der Waals surface area contributed by atoms with Crippen LogP contribution in [0, 0.1) is 9.39 Å². The largest absolute Gasteiger partial charge is 0.419 e. The Hall–Kier alpha value is -0.370. The van der Waals surface area contributed by atoms with Crippen LogP contribution in [0.15, 0.2) is 12.1 Å². The molecule has 0 heterocycles. The van der Waals surface area contributed by atoms with Crippen molar-refractivity contribution in [1.29, 1.82) is 0 Å². The zero-order valence-electron chi connectivity index (χ0n) is 6.83. The second kappa shape index (κ2) is 4.01. The molecule has 0 bridgehead atoms. The van der Waals surface area contributed by atoms with Crippen LogP contribution in [0.25, 0.3) is 0 Å². The lowest BCUT2D eigenvalue weighted by atomic mass is 10.1. The third kappa shape index (κ3) is 2.35. The molecule has 78 valence electrons. The molecule has 14 heavy (non-hydrogen) atoms. The van der Waals surface area contributed by atoms with E-state index in [4.69, 9.17) is 5.73 Å². The standard InChI is InChI=1S/C8H6F4IN/c9-7-4(3-14)1-5(13)2-6(7)8(10,11)12/h1-2H,3,14H2. The quantitative estimate of drug-likeness (QED) is 0.625. The number of rotatable bonds is 1. The van der Waals surface area contributed by atoms with Crippen molar-refractivity contribution in [2.75, 3.05) is 0 Å². The molecule has 0 aliphatic heterocycles. The van der Waals surface area contributed by atoms with Crippen molar-refractivity contribution in [1.82, 2.24) is 0 Å². The summed E-state index contributed by atoms with van der Waals surface area (Å²) in [6.45, 7) is -0.244. The van der Waals surface area contributed by atoms with E-state index in [1.807, 2.05) is 0 Å².